The van der Waals surface area contributed by atoms with Crippen molar-refractivity contribution in [2.24, 2.45) is 0 Å². The Hall–Kier alpha value is -2.63. The van der Waals surface area contributed by atoms with Gasteiger partial charge in [0.25, 0.3) is 5.69 Å². The van der Waals surface area contributed by atoms with Crippen LogP contribution in [-0.2, 0) is 6.54 Å². The minimum absolute atomic E-state index is 0.0997. The molecular weight excluding hydrogens is 246 g/mol. The van der Waals surface area contributed by atoms with E-state index < -0.39 is 0 Å². The SMILES string of the molecule is Cc1cc(Cn2ccc3cccc([N+](=O)[O-])c32)no1. The molecule has 0 fully saturated rings. The quantitative estimate of drug-likeness (QED) is 0.534. The van der Waals surface area contributed by atoms with Gasteiger partial charge in [0.2, 0.25) is 0 Å². The second kappa shape index (κ2) is 4.24. The Balaban J connectivity index is 2.11. The van der Waals surface area contributed by atoms with Crippen LogP contribution in [0.4, 0.5) is 5.69 Å². The topological polar surface area (TPSA) is 74.1 Å². The van der Waals surface area contributed by atoms with Gasteiger partial charge in [0.15, 0.2) is 0 Å². The summed E-state index contributed by atoms with van der Waals surface area (Å²) in [6.45, 7) is 2.26. The lowest BCUT2D eigenvalue weighted by Gasteiger charge is -2.02. The van der Waals surface area contributed by atoms with Gasteiger partial charge in [0, 0.05) is 23.7 Å². The lowest BCUT2D eigenvalue weighted by Crippen LogP contribution is -2.00. The molecule has 0 spiro atoms. The predicted molar refractivity (Wildman–Crippen MR) is 68.9 cm³/mol. The number of aromatic nitrogens is 2. The van der Waals surface area contributed by atoms with Gasteiger partial charge in [-0.1, -0.05) is 17.3 Å². The van der Waals surface area contributed by atoms with Crippen molar-refractivity contribution in [1.29, 1.82) is 0 Å². The van der Waals surface area contributed by atoms with Crippen molar-refractivity contribution in [3.05, 3.63) is 58.1 Å². The lowest BCUT2D eigenvalue weighted by atomic mass is 10.2. The molecule has 2 aromatic heterocycles. The molecule has 0 aliphatic rings. The van der Waals surface area contributed by atoms with Crippen molar-refractivity contribution in [1.82, 2.24) is 9.72 Å². The van der Waals surface area contributed by atoms with Crippen molar-refractivity contribution in [3.8, 4) is 0 Å². The summed E-state index contributed by atoms with van der Waals surface area (Å²) < 4.78 is 6.82. The molecule has 0 aliphatic carbocycles. The van der Waals surface area contributed by atoms with Crippen molar-refractivity contribution in [2.75, 3.05) is 0 Å². The zero-order valence-corrected chi connectivity index (χ0v) is 10.2. The first-order valence-electron chi connectivity index (χ1n) is 5.79. The van der Waals surface area contributed by atoms with Gasteiger partial charge in [-0.05, 0) is 13.0 Å². The zero-order valence-electron chi connectivity index (χ0n) is 10.2. The third-order valence-corrected chi connectivity index (χ3v) is 2.97. The molecule has 96 valence electrons. The molecule has 0 atom stereocenters. The van der Waals surface area contributed by atoms with E-state index in [1.807, 2.05) is 35.9 Å². The summed E-state index contributed by atoms with van der Waals surface area (Å²) in [4.78, 5) is 10.7. The second-order valence-electron chi connectivity index (χ2n) is 4.34. The van der Waals surface area contributed by atoms with Gasteiger partial charge >= 0.3 is 0 Å². The number of hydrogen-bond acceptors (Lipinski definition) is 4. The van der Waals surface area contributed by atoms with Crippen molar-refractivity contribution in [3.63, 3.8) is 0 Å². The number of nitro benzene ring substituents is 1. The Morgan fingerprint density at radius 2 is 2.26 bits per heavy atom. The predicted octanol–water partition coefficient (Wildman–Crippen LogP) is 2.89. The van der Waals surface area contributed by atoms with E-state index >= 15 is 0 Å². The zero-order chi connectivity index (χ0) is 13.4. The van der Waals surface area contributed by atoms with E-state index in [0.29, 0.717) is 12.1 Å². The monoisotopic (exact) mass is 257 g/mol. The Morgan fingerprint density at radius 1 is 1.42 bits per heavy atom. The molecule has 0 aliphatic heterocycles. The van der Waals surface area contributed by atoms with Crippen LogP contribution in [0.1, 0.15) is 11.5 Å². The second-order valence-corrected chi connectivity index (χ2v) is 4.34. The molecule has 6 heteroatoms. The van der Waals surface area contributed by atoms with Gasteiger partial charge in [0.1, 0.15) is 17.0 Å². The Morgan fingerprint density at radius 3 is 2.95 bits per heavy atom. The number of nitrogens with zero attached hydrogens (tertiary/aromatic N) is 3. The molecule has 0 bridgehead atoms. The number of rotatable bonds is 3. The highest BCUT2D eigenvalue weighted by molar-refractivity contribution is 5.88. The van der Waals surface area contributed by atoms with Gasteiger partial charge in [-0.15, -0.1) is 0 Å². The Labute approximate surface area is 108 Å². The number of fused-ring (bicyclic) bond motifs is 1. The normalized spacial score (nSPS) is 11.0. The van der Waals surface area contributed by atoms with Crippen molar-refractivity contribution < 1.29 is 9.45 Å². The average molecular weight is 257 g/mol. The maximum Gasteiger partial charge on any atom is 0.293 e. The van der Waals surface area contributed by atoms with Crippen LogP contribution in [0.15, 0.2) is 41.1 Å². The number of para-hydroxylation sites is 1. The molecule has 3 aromatic rings. The average Bonchev–Trinajstić information content (AvgIpc) is 2.97. The standard InChI is InChI=1S/C13H11N3O3/c1-9-7-11(14-19-9)8-15-6-5-10-3-2-4-12(13(10)15)16(17)18/h2-7H,8H2,1H3. The molecular formula is C13H11N3O3. The van der Waals surface area contributed by atoms with Gasteiger partial charge in [-0.2, -0.15) is 0 Å². The van der Waals surface area contributed by atoms with Crippen LogP contribution in [0.3, 0.4) is 0 Å². The molecule has 6 nitrogen and oxygen atoms in total. The number of non-ortho nitro benzene ring substituents is 1. The van der Waals surface area contributed by atoms with E-state index in [2.05, 4.69) is 5.16 Å². The van der Waals surface area contributed by atoms with Gasteiger partial charge in [-0.3, -0.25) is 10.1 Å². The van der Waals surface area contributed by atoms with E-state index in [-0.39, 0.29) is 10.6 Å². The first-order chi connectivity index (χ1) is 9.15. The van der Waals surface area contributed by atoms with E-state index in [9.17, 15) is 10.1 Å². The Kier molecular flexibility index (Phi) is 2.56. The molecule has 2 heterocycles. The molecule has 0 N–H and O–H groups in total. The molecule has 0 unspecified atom stereocenters. The van der Waals surface area contributed by atoms with Crippen molar-refractivity contribution in [2.45, 2.75) is 13.5 Å². The number of nitro groups is 1. The molecule has 0 saturated heterocycles. The molecule has 1 aromatic carbocycles. The van der Waals surface area contributed by atoms with Crippen LogP contribution in [0.25, 0.3) is 10.9 Å². The number of benzene rings is 1. The molecule has 19 heavy (non-hydrogen) atoms. The molecule has 0 amide bonds. The molecule has 0 saturated carbocycles. The maximum absolute atomic E-state index is 11.1. The van der Waals surface area contributed by atoms with Gasteiger partial charge < -0.3 is 9.09 Å². The maximum atomic E-state index is 11.1. The summed E-state index contributed by atoms with van der Waals surface area (Å²) in [5.74, 6) is 0.723. The van der Waals surface area contributed by atoms with Crippen LogP contribution >= 0.6 is 0 Å². The summed E-state index contributed by atoms with van der Waals surface area (Å²) in [5, 5.41) is 15.8. The summed E-state index contributed by atoms with van der Waals surface area (Å²) in [6.07, 6.45) is 1.82. The molecule has 0 radical (unpaired) electrons. The summed E-state index contributed by atoms with van der Waals surface area (Å²) >= 11 is 0. The lowest BCUT2D eigenvalue weighted by molar-refractivity contribution is -0.383. The third-order valence-electron chi connectivity index (χ3n) is 2.97. The first kappa shape index (κ1) is 11.5. The summed E-state index contributed by atoms with van der Waals surface area (Å²) in [7, 11) is 0. The minimum Gasteiger partial charge on any atom is -0.361 e. The smallest absolute Gasteiger partial charge is 0.293 e. The first-order valence-corrected chi connectivity index (χ1v) is 5.79. The van der Waals surface area contributed by atoms with Crippen molar-refractivity contribution >= 4 is 16.6 Å². The highest BCUT2D eigenvalue weighted by Gasteiger charge is 2.16. The van der Waals surface area contributed by atoms with Crippen LogP contribution < -0.4 is 0 Å². The van der Waals surface area contributed by atoms with E-state index in [0.717, 1.165) is 16.8 Å². The third kappa shape index (κ3) is 1.97. The van der Waals surface area contributed by atoms with E-state index in [1.165, 1.54) is 6.07 Å². The van der Waals surface area contributed by atoms with Gasteiger partial charge in [0.05, 0.1) is 11.5 Å². The largest absolute Gasteiger partial charge is 0.361 e. The number of aryl methyl sites for hydroxylation is 1. The molecule has 3 rings (SSSR count). The van der Waals surface area contributed by atoms with Crippen LogP contribution in [0.2, 0.25) is 0 Å². The van der Waals surface area contributed by atoms with E-state index in [4.69, 9.17) is 4.52 Å². The van der Waals surface area contributed by atoms with Gasteiger partial charge in [-0.25, -0.2) is 0 Å². The van der Waals surface area contributed by atoms with Crippen LogP contribution in [-0.4, -0.2) is 14.6 Å². The fraction of sp³-hybridized carbons (Fsp3) is 0.154. The highest BCUT2D eigenvalue weighted by Crippen LogP contribution is 2.26. The summed E-state index contributed by atoms with van der Waals surface area (Å²) in [6, 6.07) is 8.72. The minimum atomic E-state index is -0.368. The summed E-state index contributed by atoms with van der Waals surface area (Å²) in [5.41, 5.74) is 1.45. The van der Waals surface area contributed by atoms with Crippen LogP contribution in [0.5, 0.6) is 0 Å². The highest BCUT2D eigenvalue weighted by atomic mass is 16.6. The van der Waals surface area contributed by atoms with E-state index in [1.54, 1.807) is 6.07 Å². The fourth-order valence-electron chi connectivity index (χ4n) is 2.19. The Bertz CT molecular complexity index is 757. The number of hydrogen-bond donors (Lipinski definition) is 0. The fourth-order valence-corrected chi connectivity index (χ4v) is 2.19. The van der Waals surface area contributed by atoms with Crippen LogP contribution in [0, 0.1) is 17.0 Å².